The highest BCUT2D eigenvalue weighted by Gasteiger charge is 2.27. The highest BCUT2D eigenvalue weighted by atomic mass is 16.5. The molecule has 2 N–H and O–H groups in total. The van der Waals surface area contributed by atoms with Crippen molar-refractivity contribution in [1.82, 2.24) is 10.6 Å². The van der Waals surface area contributed by atoms with Crippen molar-refractivity contribution in [2.45, 2.75) is 19.9 Å². The molecule has 0 radical (unpaired) electrons. The molecule has 0 aliphatic rings. The predicted molar refractivity (Wildman–Crippen MR) is 57.4 cm³/mol. The van der Waals surface area contributed by atoms with Crippen LogP contribution < -0.4 is 10.6 Å². The Bertz CT molecular complexity index is 346. The Kier molecular flexibility index (Phi) is 6.33. The van der Waals surface area contributed by atoms with Gasteiger partial charge < -0.3 is 15.4 Å². The number of methoxy groups -OCH3 is 1. The minimum atomic E-state index is -0.968. The molecule has 17 heavy (non-hydrogen) atoms. The molecule has 0 spiro atoms. The second kappa shape index (κ2) is 7.22. The van der Waals surface area contributed by atoms with E-state index in [0.717, 1.165) is 0 Å². The average molecular weight is 241 g/mol. The third kappa shape index (κ3) is 4.97. The number of nitrogens with zero attached hydrogens (tertiary/aromatic N) is 1. The van der Waals surface area contributed by atoms with E-state index in [4.69, 9.17) is 5.26 Å². The number of hydrogen-bond donors (Lipinski definition) is 2. The zero-order chi connectivity index (χ0) is 13.4. The molecule has 94 valence electrons. The Balaban J connectivity index is 4.47. The summed E-state index contributed by atoms with van der Waals surface area (Å²) >= 11 is 0. The monoisotopic (exact) mass is 241 g/mol. The molecule has 0 aliphatic heterocycles. The Morgan fingerprint density at radius 3 is 2.29 bits per heavy atom. The van der Waals surface area contributed by atoms with Crippen molar-refractivity contribution in [2.75, 3.05) is 13.7 Å². The van der Waals surface area contributed by atoms with Gasteiger partial charge in [0.2, 0.25) is 0 Å². The molecule has 0 heterocycles. The number of carbonyl (C=O) groups is 3. The molecule has 0 bridgehead atoms. The van der Waals surface area contributed by atoms with Crippen molar-refractivity contribution in [3.8, 4) is 6.07 Å². The van der Waals surface area contributed by atoms with Crippen LogP contribution in [-0.4, -0.2) is 37.5 Å². The van der Waals surface area contributed by atoms with E-state index in [1.807, 2.05) is 0 Å². The number of rotatable bonds is 4. The van der Waals surface area contributed by atoms with E-state index in [-0.39, 0.29) is 12.5 Å². The van der Waals surface area contributed by atoms with Crippen LogP contribution in [0.1, 0.15) is 13.8 Å². The summed E-state index contributed by atoms with van der Waals surface area (Å²) in [6, 6.07) is 0.771. The minimum Gasteiger partial charge on any atom is -0.467 e. The van der Waals surface area contributed by atoms with Gasteiger partial charge in [-0.1, -0.05) is 13.8 Å². The van der Waals surface area contributed by atoms with Crippen LogP contribution in [0.2, 0.25) is 0 Å². The topological polar surface area (TPSA) is 108 Å². The molecule has 7 nitrogen and oxygen atoms in total. The smallest absolute Gasteiger partial charge is 0.328 e. The Hall–Kier alpha value is -2.10. The van der Waals surface area contributed by atoms with Gasteiger partial charge >= 0.3 is 17.8 Å². The maximum Gasteiger partial charge on any atom is 0.328 e. The molecule has 0 aromatic rings. The van der Waals surface area contributed by atoms with Crippen molar-refractivity contribution < 1.29 is 19.1 Å². The van der Waals surface area contributed by atoms with Gasteiger partial charge in [-0.15, -0.1) is 0 Å². The highest BCUT2D eigenvalue weighted by Crippen LogP contribution is 2.03. The van der Waals surface area contributed by atoms with Crippen LogP contribution in [0.3, 0.4) is 0 Å². The lowest BCUT2D eigenvalue weighted by Gasteiger charge is -2.19. The highest BCUT2D eigenvalue weighted by molar-refractivity contribution is 6.35. The third-order valence-electron chi connectivity index (χ3n) is 1.94. The second-order valence-corrected chi connectivity index (χ2v) is 3.56. The molecule has 1 unspecified atom stereocenters. The first-order valence-corrected chi connectivity index (χ1v) is 4.97. The summed E-state index contributed by atoms with van der Waals surface area (Å²) in [5.41, 5.74) is 0. The van der Waals surface area contributed by atoms with Crippen LogP contribution in [0, 0.1) is 17.2 Å². The van der Waals surface area contributed by atoms with Crippen LogP contribution in [0.15, 0.2) is 0 Å². The second-order valence-electron chi connectivity index (χ2n) is 3.56. The van der Waals surface area contributed by atoms with E-state index in [0.29, 0.717) is 0 Å². The first-order chi connectivity index (χ1) is 7.93. The van der Waals surface area contributed by atoms with Gasteiger partial charge in [-0.25, -0.2) is 4.79 Å². The summed E-state index contributed by atoms with van der Waals surface area (Å²) in [6.07, 6.45) is 0. The molecule has 0 saturated heterocycles. The SMILES string of the molecule is COC(=O)C(NC(=O)C(=O)NCC#N)C(C)C. The zero-order valence-electron chi connectivity index (χ0n) is 9.94. The summed E-state index contributed by atoms with van der Waals surface area (Å²) in [5, 5.41) is 12.5. The van der Waals surface area contributed by atoms with E-state index < -0.39 is 23.8 Å². The lowest BCUT2D eigenvalue weighted by molar-refractivity contribution is -0.148. The summed E-state index contributed by atoms with van der Waals surface area (Å²) in [7, 11) is 1.19. The van der Waals surface area contributed by atoms with Crippen molar-refractivity contribution >= 4 is 17.8 Å². The van der Waals surface area contributed by atoms with E-state index in [1.165, 1.54) is 7.11 Å². The maximum atomic E-state index is 11.3. The largest absolute Gasteiger partial charge is 0.467 e. The quantitative estimate of drug-likeness (QED) is 0.370. The molecule has 0 aromatic heterocycles. The first kappa shape index (κ1) is 14.9. The van der Waals surface area contributed by atoms with Gasteiger partial charge in [0.1, 0.15) is 12.6 Å². The predicted octanol–water partition coefficient (Wildman–Crippen LogP) is -1.06. The summed E-state index contributed by atoms with van der Waals surface area (Å²) < 4.78 is 4.50. The van der Waals surface area contributed by atoms with Crippen LogP contribution in [0.4, 0.5) is 0 Å². The standard InChI is InChI=1S/C10H15N3O4/c1-6(2)7(10(16)17-3)13-9(15)8(14)12-5-4-11/h6-7H,5H2,1-3H3,(H,12,14)(H,13,15). The van der Waals surface area contributed by atoms with E-state index in [2.05, 4.69) is 15.4 Å². The maximum absolute atomic E-state index is 11.3. The van der Waals surface area contributed by atoms with Gasteiger partial charge in [0.25, 0.3) is 0 Å². The van der Waals surface area contributed by atoms with Crippen molar-refractivity contribution in [1.29, 1.82) is 5.26 Å². The van der Waals surface area contributed by atoms with Gasteiger partial charge in [-0.3, -0.25) is 9.59 Å². The average Bonchev–Trinajstić information content (AvgIpc) is 2.31. The van der Waals surface area contributed by atoms with Crippen LogP contribution in [-0.2, 0) is 19.1 Å². The minimum absolute atomic E-state index is 0.213. The molecule has 7 heteroatoms. The number of nitriles is 1. The molecule has 0 aromatic carbocycles. The van der Waals surface area contributed by atoms with Crippen LogP contribution in [0.25, 0.3) is 0 Å². The van der Waals surface area contributed by atoms with Gasteiger partial charge in [-0.05, 0) is 5.92 Å². The normalized spacial score (nSPS) is 11.2. The molecule has 1 atom stereocenters. The molecule has 2 amide bonds. The number of hydrogen-bond acceptors (Lipinski definition) is 5. The number of carbonyl (C=O) groups excluding carboxylic acids is 3. The summed E-state index contributed by atoms with van der Waals surface area (Å²) in [4.78, 5) is 33.8. The number of esters is 1. The van der Waals surface area contributed by atoms with Crippen LogP contribution in [0.5, 0.6) is 0 Å². The number of amides is 2. The molecular formula is C10H15N3O4. The molecule has 0 aliphatic carbocycles. The van der Waals surface area contributed by atoms with Gasteiger partial charge in [0.05, 0.1) is 13.2 Å². The lowest BCUT2D eigenvalue weighted by atomic mass is 10.0. The summed E-state index contributed by atoms with van der Waals surface area (Å²) in [5.74, 6) is -2.76. The fraction of sp³-hybridized carbons (Fsp3) is 0.600. The van der Waals surface area contributed by atoms with Crippen molar-refractivity contribution in [3.63, 3.8) is 0 Å². The fourth-order valence-electron chi connectivity index (χ4n) is 1.03. The van der Waals surface area contributed by atoms with Gasteiger partial charge in [0.15, 0.2) is 0 Å². The van der Waals surface area contributed by atoms with Crippen molar-refractivity contribution in [2.24, 2.45) is 5.92 Å². The van der Waals surface area contributed by atoms with Gasteiger partial charge in [0, 0.05) is 0 Å². The molecule has 0 saturated carbocycles. The van der Waals surface area contributed by atoms with E-state index in [1.54, 1.807) is 19.9 Å². The molecule has 0 fully saturated rings. The third-order valence-corrected chi connectivity index (χ3v) is 1.94. The number of ether oxygens (including phenoxy) is 1. The Morgan fingerprint density at radius 2 is 1.88 bits per heavy atom. The Morgan fingerprint density at radius 1 is 1.29 bits per heavy atom. The Labute approximate surface area is 99.1 Å². The molecule has 0 rings (SSSR count). The fourth-order valence-corrected chi connectivity index (χ4v) is 1.03. The van der Waals surface area contributed by atoms with E-state index >= 15 is 0 Å². The van der Waals surface area contributed by atoms with Gasteiger partial charge in [-0.2, -0.15) is 5.26 Å². The first-order valence-electron chi connectivity index (χ1n) is 4.97. The zero-order valence-corrected chi connectivity index (χ0v) is 9.94. The van der Waals surface area contributed by atoms with Crippen LogP contribution >= 0.6 is 0 Å². The summed E-state index contributed by atoms with van der Waals surface area (Å²) in [6.45, 7) is 3.14. The lowest BCUT2D eigenvalue weighted by Crippen LogP contribution is -2.50. The van der Waals surface area contributed by atoms with Crippen molar-refractivity contribution in [3.05, 3.63) is 0 Å². The molecular weight excluding hydrogens is 226 g/mol. The van der Waals surface area contributed by atoms with E-state index in [9.17, 15) is 14.4 Å². The number of nitrogens with one attached hydrogen (secondary N) is 2.